The lowest BCUT2D eigenvalue weighted by atomic mass is 9.87. The SMILES string of the molecule is CCCCCCCCC[C@@](O)(C(N)=O)c1ccccc1. The Bertz CT molecular complexity index is 391. The molecule has 1 aromatic carbocycles. The molecule has 0 saturated carbocycles. The molecule has 0 bridgehead atoms. The number of carbonyl (C=O) groups excluding carboxylic acids is 1. The van der Waals surface area contributed by atoms with Crippen molar-refractivity contribution in [1.29, 1.82) is 0 Å². The van der Waals surface area contributed by atoms with Gasteiger partial charge in [0.1, 0.15) is 0 Å². The van der Waals surface area contributed by atoms with Gasteiger partial charge >= 0.3 is 0 Å². The standard InChI is InChI=1S/C17H27NO2/c1-2-3-4-5-6-7-11-14-17(20,16(18)19)15-12-9-8-10-13-15/h8-10,12-13,20H,2-7,11,14H2,1H3,(H2,18,19)/t17-/m0/s1. The maximum absolute atomic E-state index is 11.6. The quantitative estimate of drug-likeness (QED) is 0.643. The van der Waals surface area contributed by atoms with Gasteiger partial charge in [0.2, 0.25) is 0 Å². The van der Waals surface area contributed by atoms with Crippen LogP contribution in [0.3, 0.4) is 0 Å². The molecule has 0 aromatic heterocycles. The summed E-state index contributed by atoms with van der Waals surface area (Å²) in [5.41, 5.74) is 4.47. The zero-order valence-corrected chi connectivity index (χ0v) is 12.5. The molecule has 1 amide bonds. The topological polar surface area (TPSA) is 63.3 Å². The maximum Gasteiger partial charge on any atom is 0.254 e. The van der Waals surface area contributed by atoms with Crippen molar-refractivity contribution in [2.75, 3.05) is 0 Å². The first-order valence-corrected chi connectivity index (χ1v) is 7.69. The first kappa shape index (κ1) is 16.7. The molecule has 0 aliphatic heterocycles. The second-order valence-electron chi connectivity index (χ2n) is 5.46. The lowest BCUT2D eigenvalue weighted by molar-refractivity contribution is -0.138. The van der Waals surface area contributed by atoms with Crippen LogP contribution in [0.25, 0.3) is 0 Å². The Morgan fingerprint density at radius 1 is 1.05 bits per heavy atom. The molecule has 0 saturated heterocycles. The van der Waals surface area contributed by atoms with Gasteiger partial charge in [0.25, 0.3) is 5.91 Å². The number of hydrogen-bond acceptors (Lipinski definition) is 2. The molecule has 112 valence electrons. The van der Waals surface area contributed by atoms with Gasteiger partial charge in [-0.05, 0) is 18.4 Å². The van der Waals surface area contributed by atoms with E-state index in [1.165, 1.54) is 25.7 Å². The van der Waals surface area contributed by atoms with Crippen molar-refractivity contribution in [1.82, 2.24) is 0 Å². The van der Waals surface area contributed by atoms with Crippen LogP contribution < -0.4 is 5.73 Å². The molecular formula is C17H27NO2. The monoisotopic (exact) mass is 277 g/mol. The van der Waals surface area contributed by atoms with Crippen molar-refractivity contribution >= 4 is 5.91 Å². The Morgan fingerprint density at radius 3 is 2.15 bits per heavy atom. The third kappa shape index (κ3) is 4.97. The lowest BCUT2D eigenvalue weighted by Gasteiger charge is -2.25. The fourth-order valence-electron chi connectivity index (χ4n) is 2.46. The van der Waals surface area contributed by atoms with Crippen molar-refractivity contribution in [3.05, 3.63) is 35.9 Å². The number of aliphatic hydroxyl groups is 1. The summed E-state index contributed by atoms with van der Waals surface area (Å²) in [5, 5.41) is 10.5. The molecule has 0 aliphatic rings. The Morgan fingerprint density at radius 2 is 1.60 bits per heavy atom. The van der Waals surface area contributed by atoms with Gasteiger partial charge in [-0.3, -0.25) is 4.79 Å². The number of hydrogen-bond donors (Lipinski definition) is 2. The second-order valence-corrected chi connectivity index (χ2v) is 5.46. The van der Waals surface area contributed by atoms with Crippen LogP contribution in [0.2, 0.25) is 0 Å². The van der Waals surface area contributed by atoms with E-state index >= 15 is 0 Å². The molecule has 0 heterocycles. The highest BCUT2D eigenvalue weighted by atomic mass is 16.3. The number of amides is 1. The molecule has 0 unspecified atom stereocenters. The minimum absolute atomic E-state index is 0.403. The second kappa shape index (κ2) is 8.75. The highest BCUT2D eigenvalue weighted by Crippen LogP contribution is 2.27. The van der Waals surface area contributed by atoms with Crippen molar-refractivity contribution in [2.45, 2.75) is 63.9 Å². The summed E-state index contributed by atoms with van der Waals surface area (Å²) in [5.74, 6) is -0.658. The molecule has 0 fully saturated rings. The Hall–Kier alpha value is -1.35. The van der Waals surface area contributed by atoms with Gasteiger partial charge in [-0.1, -0.05) is 75.8 Å². The lowest BCUT2D eigenvalue weighted by Crippen LogP contribution is -2.41. The number of carbonyl (C=O) groups is 1. The number of nitrogens with two attached hydrogens (primary N) is 1. The van der Waals surface area contributed by atoms with Crippen LogP contribution in [-0.4, -0.2) is 11.0 Å². The molecule has 3 nitrogen and oxygen atoms in total. The zero-order valence-electron chi connectivity index (χ0n) is 12.5. The predicted molar refractivity (Wildman–Crippen MR) is 82.1 cm³/mol. The summed E-state index contributed by atoms with van der Waals surface area (Å²) >= 11 is 0. The third-order valence-electron chi connectivity index (χ3n) is 3.80. The number of benzene rings is 1. The summed E-state index contributed by atoms with van der Waals surface area (Å²) in [6.07, 6.45) is 8.45. The molecular weight excluding hydrogens is 250 g/mol. The highest BCUT2D eigenvalue weighted by molar-refractivity contribution is 5.84. The summed E-state index contributed by atoms with van der Waals surface area (Å²) in [7, 11) is 0. The summed E-state index contributed by atoms with van der Waals surface area (Å²) in [6, 6.07) is 9.00. The predicted octanol–water partition coefficient (Wildman–Crippen LogP) is 3.50. The molecule has 0 aliphatic carbocycles. The van der Waals surface area contributed by atoms with E-state index in [1.54, 1.807) is 12.1 Å². The molecule has 3 heteroatoms. The van der Waals surface area contributed by atoms with Crippen LogP contribution in [0.5, 0.6) is 0 Å². The molecule has 1 rings (SSSR count). The van der Waals surface area contributed by atoms with Gasteiger partial charge in [-0.25, -0.2) is 0 Å². The van der Waals surface area contributed by atoms with Gasteiger partial charge < -0.3 is 10.8 Å². The fourth-order valence-corrected chi connectivity index (χ4v) is 2.46. The zero-order chi connectivity index (χ0) is 14.8. The number of primary amides is 1. The van der Waals surface area contributed by atoms with Crippen LogP contribution in [0, 0.1) is 0 Å². The van der Waals surface area contributed by atoms with Crippen LogP contribution in [0.1, 0.15) is 63.9 Å². The Kier molecular flexibility index (Phi) is 7.31. The van der Waals surface area contributed by atoms with Gasteiger partial charge in [-0.15, -0.1) is 0 Å². The molecule has 0 spiro atoms. The smallest absolute Gasteiger partial charge is 0.254 e. The normalized spacial score (nSPS) is 13.9. The van der Waals surface area contributed by atoms with Gasteiger partial charge in [0.05, 0.1) is 0 Å². The van der Waals surface area contributed by atoms with Crippen molar-refractivity contribution in [2.24, 2.45) is 5.73 Å². The van der Waals surface area contributed by atoms with E-state index in [9.17, 15) is 9.90 Å². The molecule has 0 radical (unpaired) electrons. The third-order valence-corrected chi connectivity index (χ3v) is 3.80. The largest absolute Gasteiger partial charge is 0.375 e. The van der Waals surface area contributed by atoms with Gasteiger partial charge in [0.15, 0.2) is 5.60 Å². The van der Waals surface area contributed by atoms with Crippen LogP contribution in [0.15, 0.2) is 30.3 Å². The summed E-state index contributed by atoms with van der Waals surface area (Å²) < 4.78 is 0. The van der Waals surface area contributed by atoms with Gasteiger partial charge in [-0.2, -0.15) is 0 Å². The molecule has 3 N–H and O–H groups in total. The van der Waals surface area contributed by atoms with E-state index < -0.39 is 11.5 Å². The Balaban J connectivity index is 2.43. The number of rotatable bonds is 10. The van der Waals surface area contributed by atoms with E-state index in [2.05, 4.69) is 6.92 Å². The molecule has 20 heavy (non-hydrogen) atoms. The summed E-state index contributed by atoms with van der Waals surface area (Å²) in [6.45, 7) is 2.20. The molecule has 1 atom stereocenters. The molecule has 1 aromatic rings. The Labute approximate surface area is 122 Å². The van der Waals surface area contributed by atoms with E-state index in [4.69, 9.17) is 5.73 Å². The van der Waals surface area contributed by atoms with Crippen molar-refractivity contribution in [3.8, 4) is 0 Å². The van der Waals surface area contributed by atoms with E-state index in [0.717, 1.165) is 19.3 Å². The fraction of sp³-hybridized carbons (Fsp3) is 0.588. The van der Waals surface area contributed by atoms with Crippen LogP contribution in [-0.2, 0) is 10.4 Å². The summed E-state index contributed by atoms with van der Waals surface area (Å²) in [4.78, 5) is 11.6. The maximum atomic E-state index is 11.6. The van der Waals surface area contributed by atoms with E-state index in [0.29, 0.717) is 12.0 Å². The average molecular weight is 277 g/mol. The number of unbranched alkanes of at least 4 members (excludes halogenated alkanes) is 6. The minimum Gasteiger partial charge on any atom is -0.375 e. The first-order chi connectivity index (χ1) is 9.61. The van der Waals surface area contributed by atoms with Crippen LogP contribution in [0.4, 0.5) is 0 Å². The van der Waals surface area contributed by atoms with Crippen molar-refractivity contribution in [3.63, 3.8) is 0 Å². The highest BCUT2D eigenvalue weighted by Gasteiger charge is 2.34. The average Bonchev–Trinajstić information content (AvgIpc) is 2.46. The minimum atomic E-state index is -1.52. The van der Waals surface area contributed by atoms with E-state index in [-0.39, 0.29) is 0 Å². The van der Waals surface area contributed by atoms with Crippen molar-refractivity contribution < 1.29 is 9.90 Å². The first-order valence-electron chi connectivity index (χ1n) is 7.69. The van der Waals surface area contributed by atoms with Gasteiger partial charge in [0, 0.05) is 0 Å². The van der Waals surface area contributed by atoms with E-state index in [1.807, 2.05) is 18.2 Å². The van der Waals surface area contributed by atoms with Crippen LogP contribution >= 0.6 is 0 Å².